The molecule has 0 bridgehead atoms. The van der Waals surface area contributed by atoms with Crippen molar-refractivity contribution in [2.24, 2.45) is 0 Å². The third-order valence-corrected chi connectivity index (χ3v) is 2.16. The number of carboxylic acid groups (broad SMARTS) is 1. The van der Waals surface area contributed by atoms with Crippen molar-refractivity contribution in [1.29, 1.82) is 0 Å². The van der Waals surface area contributed by atoms with E-state index in [1.54, 1.807) is 6.07 Å². The number of carbonyl (C=O) groups excluding carboxylic acids is 1. The Bertz CT molecular complexity index is 427. The summed E-state index contributed by atoms with van der Waals surface area (Å²) in [5, 5.41) is 8.50. The molecule has 0 aromatic carbocycles. The molecule has 2 rings (SSSR count). The average Bonchev–Trinajstić information content (AvgIpc) is 2.53. The Hall–Kier alpha value is -1.91. The molecule has 5 nitrogen and oxygen atoms in total. The number of carbonyl (C=O) groups is 2. The van der Waals surface area contributed by atoms with Crippen LogP contribution in [-0.2, 0) is 22.4 Å². The summed E-state index contributed by atoms with van der Waals surface area (Å²) in [7, 11) is 0. The van der Waals surface area contributed by atoms with Crippen LogP contribution in [0.1, 0.15) is 17.7 Å². The molecule has 1 aromatic heterocycles. The van der Waals surface area contributed by atoms with Crippen LogP contribution < -0.4 is 4.74 Å². The van der Waals surface area contributed by atoms with E-state index in [4.69, 9.17) is 9.84 Å². The SMILES string of the molecule is O=C(O)CCc1cc2c(cn1)OC(=O)C2. The zero-order valence-electron chi connectivity index (χ0n) is 7.90. The zero-order valence-corrected chi connectivity index (χ0v) is 7.90. The van der Waals surface area contributed by atoms with E-state index in [0.29, 0.717) is 17.9 Å². The highest BCUT2D eigenvalue weighted by Gasteiger charge is 2.20. The molecular weight excluding hydrogens is 198 g/mol. The number of ether oxygens (including phenoxy) is 1. The number of nitrogens with zero attached hydrogens (tertiary/aromatic N) is 1. The standard InChI is InChI=1S/C10H9NO4/c12-9(13)2-1-7-3-6-4-10(14)15-8(6)5-11-7/h3,5H,1-2,4H2,(H,12,13). The monoisotopic (exact) mass is 207 g/mol. The van der Waals surface area contributed by atoms with E-state index < -0.39 is 5.97 Å². The molecule has 1 aliphatic rings. The number of aromatic nitrogens is 1. The molecule has 0 aliphatic carbocycles. The van der Waals surface area contributed by atoms with Crippen LogP contribution >= 0.6 is 0 Å². The van der Waals surface area contributed by atoms with Gasteiger partial charge in [0.1, 0.15) is 0 Å². The van der Waals surface area contributed by atoms with Gasteiger partial charge in [0.15, 0.2) is 5.75 Å². The molecule has 2 heterocycles. The Kier molecular flexibility index (Phi) is 2.37. The Morgan fingerprint density at radius 1 is 1.60 bits per heavy atom. The van der Waals surface area contributed by atoms with E-state index in [2.05, 4.69) is 4.98 Å². The number of esters is 1. The summed E-state index contributed by atoms with van der Waals surface area (Å²) < 4.78 is 4.87. The smallest absolute Gasteiger partial charge is 0.315 e. The average molecular weight is 207 g/mol. The Balaban J connectivity index is 2.13. The van der Waals surface area contributed by atoms with E-state index in [1.807, 2.05) is 0 Å². The van der Waals surface area contributed by atoms with Gasteiger partial charge in [0.05, 0.1) is 19.0 Å². The molecular formula is C10H9NO4. The second kappa shape index (κ2) is 3.68. The summed E-state index contributed by atoms with van der Waals surface area (Å²) in [4.78, 5) is 25.3. The van der Waals surface area contributed by atoms with E-state index in [0.717, 1.165) is 5.56 Å². The van der Waals surface area contributed by atoms with Crippen LogP contribution in [-0.4, -0.2) is 22.0 Å². The summed E-state index contributed by atoms with van der Waals surface area (Å²) in [6.07, 6.45) is 2.13. The van der Waals surface area contributed by atoms with Gasteiger partial charge in [-0.15, -0.1) is 0 Å². The number of pyridine rings is 1. The molecule has 0 amide bonds. The number of aliphatic carboxylic acids is 1. The van der Waals surface area contributed by atoms with Crippen LogP contribution in [0.3, 0.4) is 0 Å². The first kappa shape index (κ1) is 9.64. The maximum atomic E-state index is 10.9. The third kappa shape index (κ3) is 2.12. The van der Waals surface area contributed by atoms with Crippen molar-refractivity contribution in [3.63, 3.8) is 0 Å². The first-order valence-electron chi connectivity index (χ1n) is 4.55. The summed E-state index contributed by atoms with van der Waals surface area (Å²) in [6, 6.07) is 1.73. The minimum absolute atomic E-state index is 0.0423. The Labute approximate surface area is 85.7 Å². The fourth-order valence-electron chi connectivity index (χ4n) is 1.45. The second-order valence-corrected chi connectivity index (χ2v) is 3.33. The molecule has 0 saturated carbocycles. The predicted molar refractivity (Wildman–Crippen MR) is 49.5 cm³/mol. The van der Waals surface area contributed by atoms with Gasteiger partial charge in [-0.1, -0.05) is 0 Å². The topological polar surface area (TPSA) is 76.5 Å². The molecule has 1 N–H and O–H groups in total. The number of rotatable bonds is 3. The van der Waals surface area contributed by atoms with Crippen LogP contribution in [0.2, 0.25) is 0 Å². The lowest BCUT2D eigenvalue weighted by atomic mass is 10.1. The van der Waals surface area contributed by atoms with E-state index >= 15 is 0 Å². The first-order valence-corrected chi connectivity index (χ1v) is 4.55. The number of carboxylic acids is 1. The fraction of sp³-hybridized carbons (Fsp3) is 0.300. The Morgan fingerprint density at radius 3 is 3.13 bits per heavy atom. The van der Waals surface area contributed by atoms with E-state index in [1.165, 1.54) is 6.20 Å². The lowest BCUT2D eigenvalue weighted by Gasteiger charge is -2.00. The largest absolute Gasteiger partial charge is 0.481 e. The minimum Gasteiger partial charge on any atom is -0.481 e. The number of aryl methyl sites for hydroxylation is 1. The minimum atomic E-state index is -0.857. The van der Waals surface area contributed by atoms with Crippen molar-refractivity contribution in [1.82, 2.24) is 4.98 Å². The van der Waals surface area contributed by atoms with Gasteiger partial charge in [0, 0.05) is 17.7 Å². The van der Waals surface area contributed by atoms with Crippen LogP contribution in [0.25, 0.3) is 0 Å². The molecule has 0 fully saturated rings. The van der Waals surface area contributed by atoms with Crippen molar-refractivity contribution in [2.45, 2.75) is 19.3 Å². The molecule has 5 heteroatoms. The fourth-order valence-corrected chi connectivity index (χ4v) is 1.45. The van der Waals surface area contributed by atoms with Crippen LogP contribution in [0.5, 0.6) is 5.75 Å². The van der Waals surface area contributed by atoms with Crippen LogP contribution in [0.4, 0.5) is 0 Å². The summed E-state index contributed by atoms with van der Waals surface area (Å²) in [6.45, 7) is 0. The number of fused-ring (bicyclic) bond motifs is 1. The van der Waals surface area contributed by atoms with Gasteiger partial charge in [-0.2, -0.15) is 0 Å². The highest BCUT2D eigenvalue weighted by Crippen LogP contribution is 2.25. The Morgan fingerprint density at radius 2 is 2.40 bits per heavy atom. The van der Waals surface area contributed by atoms with Gasteiger partial charge in [0.25, 0.3) is 0 Å². The summed E-state index contributed by atoms with van der Waals surface area (Å²) in [5.74, 6) is -0.661. The van der Waals surface area contributed by atoms with Gasteiger partial charge in [-0.25, -0.2) is 0 Å². The van der Waals surface area contributed by atoms with Gasteiger partial charge >= 0.3 is 11.9 Å². The summed E-state index contributed by atoms with van der Waals surface area (Å²) in [5.41, 5.74) is 1.46. The van der Waals surface area contributed by atoms with E-state index in [-0.39, 0.29) is 18.8 Å². The van der Waals surface area contributed by atoms with Crippen molar-refractivity contribution in [2.75, 3.05) is 0 Å². The van der Waals surface area contributed by atoms with Crippen molar-refractivity contribution in [3.05, 3.63) is 23.5 Å². The summed E-state index contributed by atoms with van der Waals surface area (Å²) >= 11 is 0. The third-order valence-electron chi connectivity index (χ3n) is 2.16. The molecule has 0 atom stereocenters. The molecule has 0 saturated heterocycles. The highest BCUT2D eigenvalue weighted by atomic mass is 16.5. The molecule has 0 spiro atoms. The number of hydrogen-bond acceptors (Lipinski definition) is 4. The van der Waals surface area contributed by atoms with Crippen LogP contribution in [0, 0.1) is 0 Å². The van der Waals surface area contributed by atoms with Crippen molar-refractivity contribution < 1.29 is 19.4 Å². The predicted octanol–water partition coefficient (Wildman–Crippen LogP) is 0.560. The molecule has 15 heavy (non-hydrogen) atoms. The van der Waals surface area contributed by atoms with Gasteiger partial charge in [-0.05, 0) is 6.07 Å². The molecule has 78 valence electrons. The van der Waals surface area contributed by atoms with Crippen molar-refractivity contribution >= 4 is 11.9 Å². The lowest BCUT2D eigenvalue weighted by molar-refractivity contribution is -0.137. The molecule has 1 aliphatic heterocycles. The maximum absolute atomic E-state index is 10.9. The highest BCUT2D eigenvalue weighted by molar-refractivity contribution is 5.80. The van der Waals surface area contributed by atoms with E-state index in [9.17, 15) is 9.59 Å². The quantitative estimate of drug-likeness (QED) is 0.733. The van der Waals surface area contributed by atoms with Gasteiger partial charge < -0.3 is 9.84 Å². The zero-order chi connectivity index (χ0) is 10.8. The second-order valence-electron chi connectivity index (χ2n) is 3.33. The maximum Gasteiger partial charge on any atom is 0.315 e. The van der Waals surface area contributed by atoms with Crippen molar-refractivity contribution in [3.8, 4) is 5.75 Å². The van der Waals surface area contributed by atoms with Crippen LogP contribution in [0.15, 0.2) is 12.3 Å². The van der Waals surface area contributed by atoms with Gasteiger partial charge in [0.2, 0.25) is 0 Å². The molecule has 1 aromatic rings. The lowest BCUT2D eigenvalue weighted by Crippen LogP contribution is -2.00. The molecule has 0 radical (unpaired) electrons. The normalized spacial score (nSPS) is 13.5. The number of hydrogen-bond donors (Lipinski definition) is 1. The molecule has 0 unspecified atom stereocenters. The van der Waals surface area contributed by atoms with Gasteiger partial charge in [-0.3, -0.25) is 14.6 Å². The first-order chi connectivity index (χ1) is 7.15.